The number of aliphatic hydroxyl groups excluding tert-OH is 1. The summed E-state index contributed by atoms with van der Waals surface area (Å²) in [5.41, 5.74) is 0.0968. The van der Waals surface area contributed by atoms with Crippen molar-refractivity contribution in [3.8, 4) is 0 Å². The monoisotopic (exact) mass is 378 g/mol. The van der Waals surface area contributed by atoms with E-state index in [9.17, 15) is 19.8 Å². The van der Waals surface area contributed by atoms with Gasteiger partial charge in [-0.1, -0.05) is 12.7 Å². The summed E-state index contributed by atoms with van der Waals surface area (Å²) < 4.78 is 17.1. The maximum Gasteiger partial charge on any atom is 0.334 e. The predicted molar refractivity (Wildman–Crippen MR) is 95.3 cm³/mol. The van der Waals surface area contributed by atoms with E-state index in [2.05, 4.69) is 6.58 Å². The third-order valence-corrected chi connectivity index (χ3v) is 5.75. The summed E-state index contributed by atoms with van der Waals surface area (Å²) in [5.74, 6) is -3.32. The van der Waals surface area contributed by atoms with Gasteiger partial charge in [0.05, 0.1) is 18.1 Å². The maximum absolute atomic E-state index is 12.4. The first kappa shape index (κ1) is 19.8. The lowest BCUT2D eigenvalue weighted by Gasteiger charge is -2.33. The van der Waals surface area contributed by atoms with Gasteiger partial charge in [-0.3, -0.25) is 0 Å². The lowest BCUT2D eigenvalue weighted by Crippen LogP contribution is -2.40. The normalized spacial score (nSPS) is 41.0. The second kappa shape index (κ2) is 6.89. The van der Waals surface area contributed by atoms with Crippen LogP contribution in [0.1, 0.15) is 40.0 Å². The number of rotatable bonds is 3. The van der Waals surface area contributed by atoms with E-state index in [4.69, 9.17) is 14.2 Å². The predicted octanol–water partition coefficient (Wildman–Crippen LogP) is 1.54. The van der Waals surface area contributed by atoms with Crippen LogP contribution < -0.4 is 0 Å². The molecule has 3 aliphatic heterocycles. The Morgan fingerprint density at radius 1 is 1.48 bits per heavy atom. The SMILES string of the molecule is C=C1C(=O)O[C@@H]2/C=C(/CO)[C@@]3(O)CC[C@@](C)(C[C@@H](OC(=O)/C(C)=C\C)[C@@H]12)O3. The van der Waals surface area contributed by atoms with Crippen molar-refractivity contribution in [3.63, 3.8) is 0 Å². The third kappa shape index (κ3) is 3.47. The Morgan fingerprint density at radius 3 is 2.81 bits per heavy atom. The van der Waals surface area contributed by atoms with E-state index in [1.54, 1.807) is 19.9 Å². The van der Waals surface area contributed by atoms with Crippen molar-refractivity contribution in [2.45, 2.75) is 63.6 Å². The first-order valence-corrected chi connectivity index (χ1v) is 9.11. The minimum Gasteiger partial charge on any atom is -0.458 e. The van der Waals surface area contributed by atoms with Crippen LogP contribution in [0.5, 0.6) is 0 Å². The van der Waals surface area contributed by atoms with Gasteiger partial charge >= 0.3 is 11.9 Å². The fourth-order valence-electron chi connectivity index (χ4n) is 4.01. The number of carbonyl (C=O) groups is 2. The number of hydrogen-bond donors (Lipinski definition) is 2. The Hall–Kier alpha value is -1.96. The smallest absolute Gasteiger partial charge is 0.334 e. The van der Waals surface area contributed by atoms with Crippen LogP contribution >= 0.6 is 0 Å². The van der Waals surface area contributed by atoms with Gasteiger partial charge in [-0.15, -0.1) is 0 Å². The van der Waals surface area contributed by atoms with Crippen LogP contribution in [0.3, 0.4) is 0 Å². The molecule has 0 radical (unpaired) electrons. The zero-order valence-corrected chi connectivity index (χ0v) is 15.9. The Morgan fingerprint density at radius 2 is 2.19 bits per heavy atom. The van der Waals surface area contributed by atoms with Crippen molar-refractivity contribution in [2.75, 3.05) is 6.61 Å². The molecule has 7 nitrogen and oxygen atoms in total. The highest BCUT2D eigenvalue weighted by molar-refractivity contribution is 5.92. The molecule has 3 heterocycles. The Labute approximate surface area is 158 Å². The molecule has 148 valence electrons. The fraction of sp³-hybridized carbons (Fsp3) is 0.600. The topological polar surface area (TPSA) is 102 Å². The van der Waals surface area contributed by atoms with Gasteiger partial charge in [0.15, 0.2) is 5.79 Å². The largest absolute Gasteiger partial charge is 0.458 e. The second-order valence-electron chi connectivity index (χ2n) is 7.73. The van der Waals surface area contributed by atoms with E-state index in [0.29, 0.717) is 12.0 Å². The Bertz CT molecular complexity index is 737. The van der Waals surface area contributed by atoms with Crippen molar-refractivity contribution in [2.24, 2.45) is 5.92 Å². The van der Waals surface area contributed by atoms with Crippen molar-refractivity contribution >= 4 is 11.9 Å². The quantitative estimate of drug-likeness (QED) is 0.436. The van der Waals surface area contributed by atoms with E-state index in [1.165, 1.54) is 6.08 Å². The maximum atomic E-state index is 12.4. The molecule has 7 heteroatoms. The number of hydrogen-bond acceptors (Lipinski definition) is 7. The van der Waals surface area contributed by atoms with E-state index < -0.39 is 48.1 Å². The lowest BCUT2D eigenvalue weighted by atomic mass is 9.81. The molecule has 2 bridgehead atoms. The summed E-state index contributed by atoms with van der Waals surface area (Å²) in [5, 5.41) is 20.7. The number of fused-ring (bicyclic) bond motifs is 3. The van der Waals surface area contributed by atoms with Gasteiger partial charge < -0.3 is 24.4 Å². The molecular weight excluding hydrogens is 352 g/mol. The number of aliphatic hydroxyl groups is 2. The zero-order valence-electron chi connectivity index (χ0n) is 15.9. The van der Waals surface area contributed by atoms with Gasteiger partial charge in [0.2, 0.25) is 0 Å². The van der Waals surface area contributed by atoms with Gasteiger partial charge in [-0.05, 0) is 33.3 Å². The molecule has 27 heavy (non-hydrogen) atoms. The molecule has 3 rings (SSSR count). The van der Waals surface area contributed by atoms with E-state index >= 15 is 0 Å². The highest BCUT2D eigenvalue weighted by atomic mass is 16.6. The van der Waals surface area contributed by atoms with Crippen LogP contribution in [-0.4, -0.2) is 52.4 Å². The van der Waals surface area contributed by atoms with Crippen LogP contribution in [0.15, 0.2) is 35.5 Å². The number of ether oxygens (including phenoxy) is 3. The molecule has 2 fully saturated rings. The molecule has 0 aliphatic carbocycles. The molecule has 2 N–H and O–H groups in total. The van der Waals surface area contributed by atoms with Gasteiger partial charge in [-0.2, -0.15) is 0 Å². The van der Waals surface area contributed by atoms with Gasteiger partial charge in [-0.25, -0.2) is 9.59 Å². The highest BCUT2D eigenvalue weighted by Crippen LogP contribution is 2.47. The van der Waals surface area contributed by atoms with Crippen LogP contribution in [-0.2, 0) is 23.8 Å². The molecule has 0 aromatic rings. The summed E-state index contributed by atoms with van der Waals surface area (Å²) in [6, 6.07) is 0. The first-order chi connectivity index (χ1) is 12.6. The van der Waals surface area contributed by atoms with Crippen LogP contribution in [0.4, 0.5) is 0 Å². The number of allylic oxidation sites excluding steroid dienone is 1. The third-order valence-electron chi connectivity index (χ3n) is 5.75. The van der Waals surface area contributed by atoms with E-state index in [0.717, 1.165) is 0 Å². The van der Waals surface area contributed by atoms with Gasteiger partial charge in [0, 0.05) is 29.6 Å². The molecular formula is C20H26O7. The van der Waals surface area contributed by atoms with Crippen molar-refractivity contribution in [3.05, 3.63) is 35.5 Å². The highest BCUT2D eigenvalue weighted by Gasteiger charge is 2.54. The number of carbonyl (C=O) groups excluding carboxylic acids is 2. The van der Waals surface area contributed by atoms with Crippen molar-refractivity contribution < 1.29 is 34.0 Å². The van der Waals surface area contributed by atoms with Crippen molar-refractivity contribution in [1.82, 2.24) is 0 Å². The molecule has 0 aromatic carbocycles. The fourth-order valence-corrected chi connectivity index (χ4v) is 4.01. The Kier molecular flexibility index (Phi) is 5.05. The summed E-state index contributed by atoms with van der Waals surface area (Å²) in [7, 11) is 0. The standard InChI is InChI=1S/C20H26O7/c1-5-11(2)17(22)26-15-9-19(4)6-7-20(24,27-19)13(10-21)8-14-16(15)12(3)18(23)25-14/h5,8,14-16,21,24H,3,6-7,9-10H2,1-2,4H3/b11-5-,13-8-/t14-,15-,16+,19+,20-/m1/s1. The number of esters is 2. The average molecular weight is 378 g/mol. The minimum atomic E-state index is -1.64. The van der Waals surface area contributed by atoms with Crippen LogP contribution in [0.25, 0.3) is 0 Å². The Balaban J connectivity index is 2.05. The van der Waals surface area contributed by atoms with Crippen molar-refractivity contribution in [1.29, 1.82) is 0 Å². The zero-order chi connectivity index (χ0) is 20.0. The van der Waals surface area contributed by atoms with Gasteiger partial charge in [0.1, 0.15) is 12.2 Å². The molecule has 3 aliphatic rings. The summed E-state index contributed by atoms with van der Waals surface area (Å²) in [6.07, 6.45) is 2.69. The molecule has 0 unspecified atom stereocenters. The molecule has 5 atom stereocenters. The molecule has 0 aromatic heterocycles. The first-order valence-electron chi connectivity index (χ1n) is 9.11. The van der Waals surface area contributed by atoms with E-state index in [-0.39, 0.29) is 24.0 Å². The van der Waals surface area contributed by atoms with Crippen LogP contribution in [0.2, 0.25) is 0 Å². The summed E-state index contributed by atoms with van der Waals surface area (Å²) in [6.45, 7) is 8.59. The summed E-state index contributed by atoms with van der Waals surface area (Å²) in [4.78, 5) is 24.6. The average Bonchev–Trinajstić information content (AvgIpc) is 3.08. The van der Waals surface area contributed by atoms with E-state index in [1.807, 2.05) is 6.92 Å². The minimum absolute atomic E-state index is 0.206. The lowest BCUT2D eigenvalue weighted by molar-refractivity contribution is -0.205. The second-order valence-corrected chi connectivity index (χ2v) is 7.73. The summed E-state index contributed by atoms with van der Waals surface area (Å²) >= 11 is 0. The molecule has 0 amide bonds. The molecule has 2 saturated heterocycles. The molecule has 0 spiro atoms. The van der Waals surface area contributed by atoms with Gasteiger partial charge in [0.25, 0.3) is 0 Å². The van der Waals surface area contributed by atoms with Crippen LogP contribution in [0, 0.1) is 5.92 Å². The molecule has 0 saturated carbocycles.